The van der Waals surface area contributed by atoms with Gasteiger partial charge in [0.25, 0.3) is 5.91 Å². The van der Waals surface area contributed by atoms with Gasteiger partial charge in [-0.3, -0.25) is 4.79 Å². The van der Waals surface area contributed by atoms with Crippen molar-refractivity contribution in [2.75, 3.05) is 6.54 Å². The van der Waals surface area contributed by atoms with Crippen LogP contribution in [-0.4, -0.2) is 22.5 Å². The monoisotopic (exact) mass is 366 g/mol. The summed E-state index contributed by atoms with van der Waals surface area (Å²) < 4.78 is 0. The first kappa shape index (κ1) is 18.9. The van der Waals surface area contributed by atoms with Crippen molar-refractivity contribution in [3.8, 4) is 0 Å². The number of carbonyl (C=O) groups excluding carboxylic acids is 1. The number of aromatic nitrogens is 1. The minimum atomic E-state index is -1.54. The van der Waals surface area contributed by atoms with Crippen LogP contribution in [0.2, 0.25) is 5.02 Å². The van der Waals surface area contributed by atoms with Crippen LogP contribution in [0.4, 0.5) is 0 Å². The van der Waals surface area contributed by atoms with E-state index in [1.165, 1.54) is 0 Å². The Bertz CT molecular complexity index is 689. The number of aryl methyl sites for hydroxylation is 2. The zero-order chi connectivity index (χ0) is 17.6. The molecule has 6 heteroatoms. The number of halogens is 1. The van der Waals surface area contributed by atoms with Gasteiger partial charge >= 0.3 is 0 Å². The fourth-order valence-electron chi connectivity index (χ4n) is 2.51. The van der Waals surface area contributed by atoms with Crippen LogP contribution in [0.25, 0.3) is 0 Å². The topological polar surface area (TPSA) is 62.2 Å². The summed E-state index contributed by atoms with van der Waals surface area (Å²) in [6.07, 6.45) is 3.01. The van der Waals surface area contributed by atoms with E-state index in [-0.39, 0.29) is 12.3 Å². The number of thiazole rings is 1. The van der Waals surface area contributed by atoms with Crippen molar-refractivity contribution in [1.29, 1.82) is 0 Å². The van der Waals surface area contributed by atoms with Crippen molar-refractivity contribution in [3.63, 3.8) is 0 Å². The first-order valence-electron chi connectivity index (χ1n) is 8.13. The first-order valence-corrected chi connectivity index (χ1v) is 9.39. The molecule has 1 heterocycles. The van der Waals surface area contributed by atoms with Gasteiger partial charge in [0.05, 0.1) is 5.01 Å². The minimum Gasteiger partial charge on any atom is -0.375 e. The molecular formula is C18H23ClN2O2S. The van der Waals surface area contributed by atoms with Crippen molar-refractivity contribution in [2.24, 2.45) is 0 Å². The predicted octanol–water partition coefficient (Wildman–Crippen LogP) is 3.84. The molecule has 2 N–H and O–H groups in total. The number of amides is 1. The van der Waals surface area contributed by atoms with Crippen LogP contribution < -0.4 is 5.32 Å². The molecule has 0 fully saturated rings. The van der Waals surface area contributed by atoms with E-state index in [1.807, 2.05) is 12.3 Å². The summed E-state index contributed by atoms with van der Waals surface area (Å²) in [4.78, 5) is 16.9. The SMILES string of the molecule is CC[C@](O)(C(=O)NCCCCc1nc(C)cs1)c1cccc(Cl)c1. The summed E-state index contributed by atoms with van der Waals surface area (Å²) in [6, 6.07) is 6.82. The lowest BCUT2D eigenvalue weighted by atomic mass is 9.90. The third-order valence-corrected chi connectivity index (χ3v) is 5.22. The maximum atomic E-state index is 12.4. The highest BCUT2D eigenvalue weighted by molar-refractivity contribution is 7.09. The molecule has 24 heavy (non-hydrogen) atoms. The summed E-state index contributed by atoms with van der Waals surface area (Å²) in [7, 11) is 0. The van der Waals surface area contributed by atoms with Crippen LogP contribution in [-0.2, 0) is 16.8 Å². The van der Waals surface area contributed by atoms with Crippen LogP contribution in [0.5, 0.6) is 0 Å². The van der Waals surface area contributed by atoms with Gasteiger partial charge in [0.2, 0.25) is 0 Å². The Morgan fingerprint density at radius 1 is 1.42 bits per heavy atom. The molecule has 0 spiro atoms. The molecule has 0 aliphatic rings. The fourth-order valence-corrected chi connectivity index (χ4v) is 3.52. The molecule has 2 rings (SSSR count). The first-order chi connectivity index (χ1) is 11.5. The maximum absolute atomic E-state index is 12.4. The second kappa shape index (κ2) is 8.60. The van der Waals surface area contributed by atoms with Gasteiger partial charge in [0.1, 0.15) is 0 Å². The van der Waals surface area contributed by atoms with Crippen LogP contribution in [0, 0.1) is 6.92 Å². The van der Waals surface area contributed by atoms with Gasteiger partial charge < -0.3 is 10.4 Å². The Hall–Kier alpha value is -1.43. The maximum Gasteiger partial charge on any atom is 0.256 e. The summed E-state index contributed by atoms with van der Waals surface area (Å²) >= 11 is 7.64. The Morgan fingerprint density at radius 2 is 2.21 bits per heavy atom. The molecular weight excluding hydrogens is 344 g/mol. The molecule has 1 aromatic carbocycles. The summed E-state index contributed by atoms with van der Waals surface area (Å²) in [5.41, 5.74) is 0.0308. The average Bonchev–Trinajstić information content (AvgIpc) is 2.99. The van der Waals surface area contributed by atoms with Crippen molar-refractivity contribution in [2.45, 2.75) is 45.1 Å². The largest absolute Gasteiger partial charge is 0.375 e. The zero-order valence-electron chi connectivity index (χ0n) is 14.0. The highest BCUT2D eigenvalue weighted by Gasteiger charge is 2.35. The Morgan fingerprint density at radius 3 is 2.83 bits per heavy atom. The molecule has 0 saturated heterocycles. The third-order valence-electron chi connectivity index (χ3n) is 3.96. The summed E-state index contributed by atoms with van der Waals surface area (Å²) in [6.45, 7) is 4.30. The normalized spacial score (nSPS) is 13.5. The summed E-state index contributed by atoms with van der Waals surface area (Å²) in [5.74, 6) is -0.377. The van der Waals surface area contributed by atoms with Crippen LogP contribution in [0.15, 0.2) is 29.6 Å². The van der Waals surface area contributed by atoms with Crippen LogP contribution in [0.1, 0.15) is 42.5 Å². The number of nitrogens with zero attached hydrogens (tertiary/aromatic N) is 1. The smallest absolute Gasteiger partial charge is 0.256 e. The van der Waals surface area contributed by atoms with Crippen molar-refractivity contribution < 1.29 is 9.90 Å². The van der Waals surface area contributed by atoms with Gasteiger partial charge in [0.15, 0.2) is 5.60 Å². The number of carbonyl (C=O) groups is 1. The standard InChI is InChI=1S/C18H23ClN2O2S/c1-3-18(23,14-7-6-8-15(19)11-14)17(22)20-10-5-4-9-16-21-13(2)12-24-16/h6-8,11-12,23H,3-5,9-10H2,1-2H3,(H,20,22)/t18-/m1/s1. The van der Waals surface area contributed by atoms with E-state index in [9.17, 15) is 9.90 Å². The van der Waals surface area contributed by atoms with E-state index in [1.54, 1.807) is 42.5 Å². The van der Waals surface area contributed by atoms with Crippen molar-refractivity contribution in [1.82, 2.24) is 10.3 Å². The number of hydrogen-bond acceptors (Lipinski definition) is 4. The highest BCUT2D eigenvalue weighted by atomic mass is 35.5. The van der Waals surface area contributed by atoms with Gasteiger partial charge in [-0.25, -0.2) is 4.98 Å². The quantitative estimate of drug-likeness (QED) is 0.698. The number of rotatable bonds is 8. The van der Waals surface area contributed by atoms with E-state index >= 15 is 0 Å². The molecule has 130 valence electrons. The lowest BCUT2D eigenvalue weighted by molar-refractivity contribution is -0.141. The molecule has 2 aromatic rings. The highest BCUT2D eigenvalue weighted by Crippen LogP contribution is 2.27. The molecule has 0 bridgehead atoms. The number of nitrogens with one attached hydrogen (secondary N) is 1. The second-order valence-corrected chi connectivity index (χ2v) is 7.20. The van der Waals surface area contributed by atoms with E-state index < -0.39 is 5.60 Å². The van der Waals surface area contributed by atoms with Crippen molar-refractivity contribution in [3.05, 3.63) is 50.9 Å². The van der Waals surface area contributed by atoms with E-state index in [0.717, 1.165) is 30.0 Å². The van der Waals surface area contributed by atoms with Crippen LogP contribution >= 0.6 is 22.9 Å². The predicted molar refractivity (Wildman–Crippen MR) is 98.4 cm³/mol. The van der Waals surface area contributed by atoms with Gasteiger partial charge in [-0.2, -0.15) is 0 Å². The van der Waals surface area contributed by atoms with Crippen molar-refractivity contribution >= 4 is 28.8 Å². The minimum absolute atomic E-state index is 0.289. The number of hydrogen-bond donors (Lipinski definition) is 2. The number of benzene rings is 1. The fraction of sp³-hybridized carbons (Fsp3) is 0.444. The van der Waals surface area contributed by atoms with E-state index in [4.69, 9.17) is 11.6 Å². The molecule has 0 aliphatic carbocycles. The molecule has 1 amide bonds. The van der Waals surface area contributed by atoms with Gasteiger partial charge in [-0.1, -0.05) is 30.7 Å². The second-order valence-electron chi connectivity index (χ2n) is 5.82. The molecule has 0 radical (unpaired) electrons. The lowest BCUT2D eigenvalue weighted by Gasteiger charge is -2.26. The molecule has 4 nitrogen and oxygen atoms in total. The number of unbranched alkanes of at least 4 members (excludes halogenated alkanes) is 1. The van der Waals surface area contributed by atoms with Crippen LogP contribution in [0.3, 0.4) is 0 Å². The Labute approximate surface area is 151 Å². The number of aliphatic hydroxyl groups is 1. The molecule has 1 aromatic heterocycles. The van der Waals surface area contributed by atoms with Gasteiger partial charge in [0, 0.05) is 22.6 Å². The third kappa shape index (κ3) is 4.79. The molecule has 0 saturated carbocycles. The van der Waals surface area contributed by atoms with E-state index in [0.29, 0.717) is 17.1 Å². The Kier molecular flexibility index (Phi) is 6.78. The Balaban J connectivity index is 1.83. The van der Waals surface area contributed by atoms with Gasteiger partial charge in [-0.15, -0.1) is 11.3 Å². The zero-order valence-corrected chi connectivity index (χ0v) is 15.6. The molecule has 1 atom stereocenters. The summed E-state index contributed by atoms with van der Waals surface area (Å²) in [5, 5.41) is 17.3. The molecule has 0 unspecified atom stereocenters. The van der Waals surface area contributed by atoms with Gasteiger partial charge in [-0.05, 0) is 50.3 Å². The lowest BCUT2D eigenvalue weighted by Crippen LogP contribution is -2.44. The molecule has 0 aliphatic heterocycles. The van der Waals surface area contributed by atoms with E-state index in [2.05, 4.69) is 10.3 Å². The average molecular weight is 367 g/mol.